The minimum Gasteiger partial charge on any atom is -0.493 e. The summed E-state index contributed by atoms with van der Waals surface area (Å²) in [5.74, 6) is 1.34. The molecule has 0 radical (unpaired) electrons. The minimum atomic E-state index is -0.0473. The lowest BCUT2D eigenvalue weighted by Gasteiger charge is -2.18. The Morgan fingerprint density at radius 3 is 2.59 bits per heavy atom. The number of hydrogen-bond donors (Lipinski definition) is 1. The van der Waals surface area contributed by atoms with Crippen LogP contribution < -0.4 is 15.2 Å². The fraction of sp³-hybridized carbons (Fsp3) is 0.500. The maximum absolute atomic E-state index is 5.77. The van der Waals surface area contributed by atoms with Crippen molar-refractivity contribution in [1.29, 1.82) is 0 Å². The fourth-order valence-corrected chi connectivity index (χ4v) is 2.06. The van der Waals surface area contributed by atoms with Crippen molar-refractivity contribution in [2.75, 3.05) is 20.8 Å². The summed E-state index contributed by atoms with van der Waals surface area (Å²) in [5, 5.41) is 0. The molecule has 1 atom stereocenters. The summed E-state index contributed by atoms with van der Waals surface area (Å²) in [6, 6.07) is 3.80. The van der Waals surface area contributed by atoms with Crippen molar-refractivity contribution >= 4 is 15.9 Å². The van der Waals surface area contributed by atoms with Crippen molar-refractivity contribution in [2.45, 2.75) is 19.6 Å². The lowest BCUT2D eigenvalue weighted by molar-refractivity contribution is 0.0894. The Bertz CT molecular complexity index is 371. The third-order valence-electron chi connectivity index (χ3n) is 2.25. The molecule has 96 valence electrons. The molecule has 0 heterocycles. The molecule has 0 bridgehead atoms. The van der Waals surface area contributed by atoms with Crippen LogP contribution in [0.25, 0.3) is 0 Å². The van der Waals surface area contributed by atoms with Gasteiger partial charge in [0.1, 0.15) is 6.10 Å². The van der Waals surface area contributed by atoms with Gasteiger partial charge in [0.2, 0.25) is 0 Å². The van der Waals surface area contributed by atoms with Crippen LogP contribution in [-0.4, -0.2) is 26.9 Å². The van der Waals surface area contributed by atoms with Crippen LogP contribution in [-0.2, 0) is 11.3 Å². The Hall–Kier alpha value is -0.780. The minimum absolute atomic E-state index is 0.0473. The van der Waals surface area contributed by atoms with Crippen molar-refractivity contribution in [3.8, 4) is 11.5 Å². The van der Waals surface area contributed by atoms with Gasteiger partial charge in [0.15, 0.2) is 11.5 Å². The zero-order chi connectivity index (χ0) is 12.8. The summed E-state index contributed by atoms with van der Waals surface area (Å²) in [6.45, 7) is 2.92. The lowest BCUT2D eigenvalue weighted by Crippen LogP contribution is -2.18. The van der Waals surface area contributed by atoms with E-state index in [1.54, 1.807) is 14.2 Å². The molecule has 0 fully saturated rings. The number of hydrogen-bond acceptors (Lipinski definition) is 4. The molecule has 17 heavy (non-hydrogen) atoms. The van der Waals surface area contributed by atoms with Crippen LogP contribution in [0.1, 0.15) is 12.5 Å². The zero-order valence-corrected chi connectivity index (χ0v) is 11.9. The topological polar surface area (TPSA) is 53.7 Å². The highest BCUT2D eigenvalue weighted by atomic mass is 79.9. The highest BCUT2D eigenvalue weighted by Crippen LogP contribution is 2.37. The van der Waals surface area contributed by atoms with Gasteiger partial charge >= 0.3 is 0 Å². The molecule has 1 aromatic carbocycles. The Kier molecular flexibility index (Phi) is 5.74. The van der Waals surface area contributed by atoms with Crippen LogP contribution in [0, 0.1) is 0 Å². The molecule has 0 saturated carbocycles. The highest BCUT2D eigenvalue weighted by molar-refractivity contribution is 9.10. The predicted octanol–water partition coefficient (Wildman–Crippen LogP) is 2.33. The van der Waals surface area contributed by atoms with E-state index in [0.29, 0.717) is 24.7 Å². The van der Waals surface area contributed by atoms with E-state index in [1.807, 2.05) is 19.1 Å². The fourth-order valence-electron chi connectivity index (χ4n) is 1.48. The first-order valence-corrected chi connectivity index (χ1v) is 6.13. The van der Waals surface area contributed by atoms with Crippen LogP contribution in [0.5, 0.6) is 11.5 Å². The first kappa shape index (κ1) is 14.3. The first-order chi connectivity index (χ1) is 8.12. The average molecular weight is 304 g/mol. The number of rotatable bonds is 6. The van der Waals surface area contributed by atoms with Gasteiger partial charge in [-0.25, -0.2) is 0 Å². The summed E-state index contributed by atoms with van der Waals surface area (Å²) >= 11 is 3.46. The quantitative estimate of drug-likeness (QED) is 0.876. The Morgan fingerprint density at radius 2 is 2.06 bits per heavy atom. The van der Waals surface area contributed by atoms with Gasteiger partial charge < -0.3 is 19.9 Å². The van der Waals surface area contributed by atoms with Crippen molar-refractivity contribution in [3.63, 3.8) is 0 Å². The van der Waals surface area contributed by atoms with Crippen molar-refractivity contribution in [3.05, 3.63) is 22.2 Å². The predicted molar refractivity (Wildman–Crippen MR) is 70.6 cm³/mol. The van der Waals surface area contributed by atoms with Gasteiger partial charge in [-0.05, 0) is 40.5 Å². The molecule has 4 nitrogen and oxygen atoms in total. The molecule has 2 N–H and O–H groups in total. The molecule has 0 aliphatic heterocycles. The van der Waals surface area contributed by atoms with Gasteiger partial charge in [-0.2, -0.15) is 0 Å². The molecule has 0 amide bonds. The third kappa shape index (κ3) is 3.87. The van der Waals surface area contributed by atoms with Gasteiger partial charge in [-0.3, -0.25) is 0 Å². The van der Waals surface area contributed by atoms with E-state index in [1.165, 1.54) is 0 Å². The first-order valence-electron chi connectivity index (χ1n) is 5.34. The van der Waals surface area contributed by atoms with E-state index < -0.39 is 0 Å². The van der Waals surface area contributed by atoms with Crippen molar-refractivity contribution in [2.24, 2.45) is 5.73 Å². The van der Waals surface area contributed by atoms with E-state index in [-0.39, 0.29) is 6.10 Å². The second-order valence-electron chi connectivity index (χ2n) is 3.70. The largest absolute Gasteiger partial charge is 0.493 e. The Balaban J connectivity index is 2.97. The van der Waals surface area contributed by atoms with Crippen LogP contribution in [0.15, 0.2) is 16.6 Å². The second-order valence-corrected chi connectivity index (χ2v) is 4.55. The average Bonchev–Trinajstić information content (AvgIpc) is 2.31. The lowest BCUT2D eigenvalue weighted by atomic mass is 10.2. The molecule has 0 saturated heterocycles. The summed E-state index contributed by atoms with van der Waals surface area (Å²) in [5.41, 5.74) is 6.59. The number of ether oxygens (including phenoxy) is 3. The van der Waals surface area contributed by atoms with Crippen LogP contribution in [0.3, 0.4) is 0 Å². The normalized spacial score (nSPS) is 12.3. The standard InChI is InChI=1S/C12H18BrNO3/c1-8(7-15-2)17-12-10(13)4-9(6-14)5-11(12)16-3/h4-5,8H,6-7,14H2,1-3H3. The molecule has 0 aliphatic carbocycles. The van der Waals surface area contributed by atoms with E-state index in [0.717, 1.165) is 10.0 Å². The number of methoxy groups -OCH3 is 2. The summed E-state index contributed by atoms with van der Waals surface area (Å²) in [6.07, 6.45) is -0.0473. The van der Waals surface area contributed by atoms with Gasteiger partial charge in [-0.1, -0.05) is 0 Å². The van der Waals surface area contributed by atoms with Crippen LogP contribution in [0.4, 0.5) is 0 Å². The number of halogens is 1. The summed E-state index contributed by atoms with van der Waals surface area (Å²) < 4.78 is 16.9. The summed E-state index contributed by atoms with van der Waals surface area (Å²) in [7, 11) is 3.25. The van der Waals surface area contributed by atoms with Crippen LogP contribution >= 0.6 is 15.9 Å². The second kappa shape index (κ2) is 6.83. The molecule has 5 heteroatoms. The highest BCUT2D eigenvalue weighted by Gasteiger charge is 2.14. The third-order valence-corrected chi connectivity index (χ3v) is 2.83. The Morgan fingerprint density at radius 1 is 1.35 bits per heavy atom. The summed E-state index contributed by atoms with van der Waals surface area (Å²) in [4.78, 5) is 0. The van der Waals surface area contributed by atoms with Crippen molar-refractivity contribution < 1.29 is 14.2 Å². The number of nitrogens with two attached hydrogens (primary N) is 1. The van der Waals surface area contributed by atoms with Gasteiger partial charge in [-0.15, -0.1) is 0 Å². The van der Waals surface area contributed by atoms with Gasteiger partial charge in [0.05, 0.1) is 18.2 Å². The number of benzene rings is 1. The molecule has 0 aliphatic rings. The van der Waals surface area contributed by atoms with E-state index >= 15 is 0 Å². The van der Waals surface area contributed by atoms with E-state index in [2.05, 4.69) is 15.9 Å². The monoisotopic (exact) mass is 303 g/mol. The molecule has 0 aromatic heterocycles. The molecule has 1 aromatic rings. The molecular formula is C12H18BrNO3. The van der Waals surface area contributed by atoms with Crippen molar-refractivity contribution in [1.82, 2.24) is 0 Å². The molecule has 1 unspecified atom stereocenters. The molecular weight excluding hydrogens is 286 g/mol. The molecule has 0 spiro atoms. The van der Waals surface area contributed by atoms with Crippen LogP contribution in [0.2, 0.25) is 0 Å². The van der Waals surface area contributed by atoms with E-state index in [4.69, 9.17) is 19.9 Å². The maximum Gasteiger partial charge on any atom is 0.175 e. The maximum atomic E-state index is 5.77. The SMILES string of the molecule is COCC(C)Oc1c(Br)cc(CN)cc1OC. The molecule has 1 rings (SSSR count). The Labute approximate surface area is 110 Å². The smallest absolute Gasteiger partial charge is 0.175 e. The van der Waals surface area contributed by atoms with E-state index in [9.17, 15) is 0 Å². The van der Waals surface area contributed by atoms with Gasteiger partial charge in [0.25, 0.3) is 0 Å². The van der Waals surface area contributed by atoms with Gasteiger partial charge in [0, 0.05) is 13.7 Å². The zero-order valence-electron chi connectivity index (χ0n) is 10.3.